The number of hydrogen-bond acceptors (Lipinski definition) is 3. The quantitative estimate of drug-likeness (QED) is 0.733. The molecule has 0 aromatic rings. The lowest BCUT2D eigenvalue weighted by Crippen LogP contribution is -2.64. The van der Waals surface area contributed by atoms with E-state index in [9.17, 15) is 0 Å². The molecule has 2 aliphatic rings. The smallest absolute Gasteiger partial charge is 0.107 e. The van der Waals surface area contributed by atoms with E-state index in [0.717, 1.165) is 6.61 Å². The zero-order chi connectivity index (χ0) is 10.0. The van der Waals surface area contributed by atoms with E-state index in [4.69, 9.17) is 4.74 Å². The Labute approximate surface area is 86.8 Å². The Kier molecular flexibility index (Phi) is 3.10. The molecule has 82 valence electrons. The second kappa shape index (κ2) is 4.17. The molecule has 2 heterocycles. The molecule has 1 atom stereocenters. The fourth-order valence-electron chi connectivity index (χ4n) is 2.72. The first-order chi connectivity index (χ1) is 6.76. The Morgan fingerprint density at radius 2 is 2.29 bits per heavy atom. The summed E-state index contributed by atoms with van der Waals surface area (Å²) in [5.74, 6) is 0. The minimum atomic E-state index is 0.313. The molecular weight excluding hydrogens is 176 g/mol. The fraction of sp³-hybridized carbons (Fsp3) is 1.00. The predicted octanol–water partition coefficient (Wildman–Crippen LogP) is 1.05. The summed E-state index contributed by atoms with van der Waals surface area (Å²) in [4.78, 5) is 2.44. The van der Waals surface area contributed by atoms with Gasteiger partial charge in [0.1, 0.15) is 6.23 Å². The maximum atomic E-state index is 5.59. The Morgan fingerprint density at radius 1 is 1.50 bits per heavy atom. The average Bonchev–Trinajstić information content (AvgIpc) is 2.16. The lowest BCUT2D eigenvalue weighted by molar-refractivity contribution is -0.135. The van der Waals surface area contributed by atoms with Crippen LogP contribution in [0, 0.1) is 5.41 Å². The summed E-state index contributed by atoms with van der Waals surface area (Å²) in [6.07, 6.45) is 3.05. The van der Waals surface area contributed by atoms with Gasteiger partial charge >= 0.3 is 0 Å². The van der Waals surface area contributed by atoms with E-state index < -0.39 is 0 Å². The largest absolute Gasteiger partial charge is 0.364 e. The zero-order valence-corrected chi connectivity index (χ0v) is 9.38. The number of ether oxygens (including phenoxy) is 1. The lowest BCUT2D eigenvalue weighted by Gasteiger charge is -2.54. The van der Waals surface area contributed by atoms with E-state index in [1.54, 1.807) is 0 Å². The highest BCUT2D eigenvalue weighted by molar-refractivity contribution is 4.98. The fourth-order valence-corrected chi connectivity index (χ4v) is 2.72. The van der Waals surface area contributed by atoms with Gasteiger partial charge < -0.3 is 10.1 Å². The Balaban J connectivity index is 1.77. The van der Waals surface area contributed by atoms with Crippen LogP contribution in [0.1, 0.15) is 26.7 Å². The van der Waals surface area contributed by atoms with Gasteiger partial charge in [-0.25, -0.2) is 0 Å². The van der Waals surface area contributed by atoms with Crippen molar-refractivity contribution in [3.63, 3.8) is 0 Å². The number of likely N-dealkylation sites (tertiary alicyclic amines) is 1. The normalized spacial score (nSPS) is 28.7. The van der Waals surface area contributed by atoms with Crippen LogP contribution in [-0.4, -0.2) is 43.9 Å². The SMILES string of the molecule is CCOC(C)N1CC2(CCCNC2)C1. The number of piperidine rings is 1. The van der Waals surface area contributed by atoms with Gasteiger partial charge in [0.2, 0.25) is 0 Å². The van der Waals surface area contributed by atoms with Gasteiger partial charge in [-0.3, -0.25) is 4.90 Å². The first-order valence-corrected chi connectivity index (χ1v) is 5.82. The van der Waals surface area contributed by atoms with Crippen LogP contribution in [0.3, 0.4) is 0 Å². The maximum absolute atomic E-state index is 5.59. The van der Waals surface area contributed by atoms with Gasteiger partial charge in [0.25, 0.3) is 0 Å². The van der Waals surface area contributed by atoms with Crippen LogP contribution < -0.4 is 5.32 Å². The van der Waals surface area contributed by atoms with Crippen molar-refractivity contribution in [3.05, 3.63) is 0 Å². The standard InChI is InChI=1S/C11H22N2O/c1-3-14-10(2)13-8-11(9-13)5-4-6-12-7-11/h10,12H,3-9H2,1-2H3. The van der Waals surface area contributed by atoms with E-state index in [1.807, 2.05) is 0 Å². The van der Waals surface area contributed by atoms with Crippen LogP contribution in [0.25, 0.3) is 0 Å². The molecule has 0 radical (unpaired) electrons. The van der Waals surface area contributed by atoms with Crippen molar-refractivity contribution in [2.75, 3.05) is 32.8 Å². The third-order valence-corrected chi connectivity index (χ3v) is 3.56. The molecule has 0 bridgehead atoms. The van der Waals surface area contributed by atoms with Gasteiger partial charge in [-0.1, -0.05) is 0 Å². The maximum Gasteiger partial charge on any atom is 0.107 e. The molecule has 2 saturated heterocycles. The summed E-state index contributed by atoms with van der Waals surface area (Å²) in [6.45, 7) is 9.91. The molecule has 2 fully saturated rings. The third kappa shape index (κ3) is 1.95. The molecule has 1 spiro atoms. The molecule has 3 heteroatoms. The van der Waals surface area contributed by atoms with Gasteiger partial charge in [0.15, 0.2) is 0 Å². The van der Waals surface area contributed by atoms with Crippen molar-refractivity contribution in [2.24, 2.45) is 5.41 Å². The molecule has 1 unspecified atom stereocenters. The average molecular weight is 198 g/mol. The van der Waals surface area contributed by atoms with Gasteiger partial charge in [0, 0.05) is 31.7 Å². The zero-order valence-electron chi connectivity index (χ0n) is 9.38. The number of hydrogen-bond donors (Lipinski definition) is 1. The molecular formula is C11H22N2O. The second-order valence-corrected chi connectivity index (χ2v) is 4.74. The Bertz CT molecular complexity index is 182. The van der Waals surface area contributed by atoms with E-state index in [0.29, 0.717) is 11.6 Å². The van der Waals surface area contributed by atoms with Gasteiger partial charge in [-0.2, -0.15) is 0 Å². The van der Waals surface area contributed by atoms with Crippen LogP contribution in [0.15, 0.2) is 0 Å². The molecule has 0 saturated carbocycles. The van der Waals surface area contributed by atoms with Crippen LogP contribution in [0.4, 0.5) is 0 Å². The van der Waals surface area contributed by atoms with Crippen molar-refractivity contribution >= 4 is 0 Å². The molecule has 0 aromatic heterocycles. The monoisotopic (exact) mass is 198 g/mol. The molecule has 0 aliphatic carbocycles. The van der Waals surface area contributed by atoms with Crippen LogP contribution in [0.2, 0.25) is 0 Å². The Morgan fingerprint density at radius 3 is 2.86 bits per heavy atom. The van der Waals surface area contributed by atoms with E-state index in [1.165, 1.54) is 39.0 Å². The van der Waals surface area contributed by atoms with Crippen LogP contribution >= 0.6 is 0 Å². The van der Waals surface area contributed by atoms with Crippen molar-refractivity contribution < 1.29 is 4.74 Å². The minimum absolute atomic E-state index is 0.313. The van der Waals surface area contributed by atoms with E-state index in [-0.39, 0.29) is 0 Å². The highest BCUT2D eigenvalue weighted by atomic mass is 16.5. The predicted molar refractivity (Wildman–Crippen MR) is 57.2 cm³/mol. The van der Waals surface area contributed by atoms with Crippen LogP contribution in [-0.2, 0) is 4.74 Å². The van der Waals surface area contributed by atoms with Crippen LogP contribution in [0.5, 0.6) is 0 Å². The van der Waals surface area contributed by atoms with E-state index in [2.05, 4.69) is 24.1 Å². The number of nitrogens with zero attached hydrogens (tertiary/aromatic N) is 1. The number of rotatable bonds is 3. The van der Waals surface area contributed by atoms with Crippen molar-refractivity contribution in [1.29, 1.82) is 0 Å². The minimum Gasteiger partial charge on any atom is -0.364 e. The van der Waals surface area contributed by atoms with Crippen molar-refractivity contribution in [3.8, 4) is 0 Å². The molecule has 0 aromatic carbocycles. The first-order valence-electron chi connectivity index (χ1n) is 5.82. The summed E-state index contributed by atoms with van der Waals surface area (Å²) < 4.78 is 5.59. The topological polar surface area (TPSA) is 24.5 Å². The van der Waals surface area contributed by atoms with Gasteiger partial charge in [0.05, 0.1) is 0 Å². The van der Waals surface area contributed by atoms with E-state index >= 15 is 0 Å². The summed E-state index contributed by atoms with van der Waals surface area (Å²) in [5.41, 5.74) is 0.587. The molecule has 2 rings (SSSR count). The third-order valence-electron chi connectivity index (χ3n) is 3.56. The second-order valence-electron chi connectivity index (χ2n) is 4.74. The number of nitrogens with one attached hydrogen (secondary N) is 1. The summed E-state index contributed by atoms with van der Waals surface area (Å²) in [7, 11) is 0. The van der Waals surface area contributed by atoms with Crippen molar-refractivity contribution in [2.45, 2.75) is 32.9 Å². The lowest BCUT2D eigenvalue weighted by atomic mass is 9.74. The van der Waals surface area contributed by atoms with Crippen molar-refractivity contribution in [1.82, 2.24) is 10.2 Å². The van der Waals surface area contributed by atoms with Gasteiger partial charge in [-0.05, 0) is 33.2 Å². The molecule has 2 aliphatic heterocycles. The summed E-state index contributed by atoms with van der Waals surface area (Å²) in [5, 5.41) is 3.50. The molecule has 3 nitrogen and oxygen atoms in total. The summed E-state index contributed by atoms with van der Waals surface area (Å²) >= 11 is 0. The van der Waals surface area contributed by atoms with Gasteiger partial charge in [-0.15, -0.1) is 0 Å². The first kappa shape index (κ1) is 10.4. The Hall–Kier alpha value is -0.120. The molecule has 14 heavy (non-hydrogen) atoms. The summed E-state index contributed by atoms with van der Waals surface area (Å²) in [6, 6.07) is 0. The highest BCUT2D eigenvalue weighted by Crippen LogP contribution is 2.37. The highest BCUT2D eigenvalue weighted by Gasteiger charge is 2.45. The molecule has 1 N–H and O–H groups in total. The molecule has 0 amide bonds.